The maximum absolute atomic E-state index is 12.8. The Morgan fingerprint density at radius 2 is 1.68 bits per heavy atom. The molecule has 1 aliphatic rings. The van der Waals surface area contributed by atoms with Crippen molar-refractivity contribution in [2.24, 2.45) is 0 Å². The van der Waals surface area contributed by atoms with E-state index in [9.17, 15) is 4.79 Å². The summed E-state index contributed by atoms with van der Waals surface area (Å²) in [6, 6.07) is 11.0. The molecule has 0 amide bonds. The van der Waals surface area contributed by atoms with Crippen molar-refractivity contribution in [3.05, 3.63) is 52.9 Å². The van der Waals surface area contributed by atoms with Gasteiger partial charge < -0.3 is 19.3 Å². The molecule has 0 saturated carbocycles. The fraction of sp³-hybridized carbons (Fsp3) is 0.333. The van der Waals surface area contributed by atoms with Crippen molar-refractivity contribution < 1.29 is 9.47 Å². The molecule has 0 atom stereocenters. The zero-order valence-electron chi connectivity index (χ0n) is 16.4. The highest BCUT2D eigenvalue weighted by Gasteiger charge is 2.15. The molecule has 146 valence electrons. The van der Waals surface area contributed by atoms with Crippen LogP contribution in [0.25, 0.3) is 16.9 Å². The maximum atomic E-state index is 12.8. The molecule has 1 aliphatic heterocycles. The third-order valence-corrected chi connectivity index (χ3v) is 5.19. The Kier molecular flexibility index (Phi) is 4.92. The van der Waals surface area contributed by atoms with Crippen LogP contribution in [0.1, 0.15) is 0 Å². The number of fused-ring (bicyclic) bond motifs is 1. The van der Waals surface area contributed by atoms with Crippen molar-refractivity contribution in [1.82, 2.24) is 14.3 Å². The van der Waals surface area contributed by atoms with E-state index in [1.165, 1.54) is 0 Å². The van der Waals surface area contributed by atoms with Gasteiger partial charge in [0, 0.05) is 44.0 Å². The van der Waals surface area contributed by atoms with E-state index in [0.717, 1.165) is 37.4 Å². The molecule has 3 heterocycles. The van der Waals surface area contributed by atoms with Gasteiger partial charge in [0.15, 0.2) is 11.5 Å². The molecule has 1 aromatic carbocycles. The quantitative estimate of drug-likeness (QED) is 0.691. The molecule has 7 heteroatoms. The van der Waals surface area contributed by atoms with Crippen LogP contribution in [-0.4, -0.2) is 61.7 Å². The number of hydrogen-bond donors (Lipinski definition) is 0. The summed E-state index contributed by atoms with van der Waals surface area (Å²) in [6.07, 6.45) is 1.88. The summed E-state index contributed by atoms with van der Waals surface area (Å²) >= 11 is 0. The van der Waals surface area contributed by atoms with Gasteiger partial charge in [0.05, 0.1) is 25.6 Å². The smallest absolute Gasteiger partial charge is 0.258 e. The summed E-state index contributed by atoms with van der Waals surface area (Å²) in [5.41, 5.74) is 2.97. The van der Waals surface area contributed by atoms with Crippen molar-refractivity contribution in [3.8, 4) is 22.8 Å². The van der Waals surface area contributed by atoms with Crippen molar-refractivity contribution in [3.63, 3.8) is 0 Å². The molecule has 0 N–H and O–H groups in total. The Morgan fingerprint density at radius 1 is 0.929 bits per heavy atom. The Balaban J connectivity index is 1.71. The van der Waals surface area contributed by atoms with E-state index in [1.807, 2.05) is 36.5 Å². The van der Waals surface area contributed by atoms with Gasteiger partial charge in [-0.2, -0.15) is 0 Å². The van der Waals surface area contributed by atoms with Crippen LogP contribution in [0.4, 0.5) is 5.69 Å². The number of rotatable bonds is 4. The van der Waals surface area contributed by atoms with Crippen LogP contribution in [-0.2, 0) is 0 Å². The largest absolute Gasteiger partial charge is 0.493 e. The molecule has 1 fully saturated rings. The SMILES string of the molecule is COc1ccc(-c2cc(=O)n3cc(N4CCN(C)CC4)ccc3n2)cc1OC. The third-order valence-electron chi connectivity index (χ3n) is 5.19. The molecule has 0 spiro atoms. The van der Waals surface area contributed by atoms with Gasteiger partial charge in [0.1, 0.15) is 5.65 Å². The third kappa shape index (κ3) is 3.41. The number of hydrogen-bond acceptors (Lipinski definition) is 6. The summed E-state index contributed by atoms with van der Waals surface area (Å²) in [5.74, 6) is 1.24. The molecule has 2 aromatic heterocycles. The van der Waals surface area contributed by atoms with E-state index < -0.39 is 0 Å². The number of pyridine rings is 1. The number of piperazine rings is 1. The number of anilines is 1. The van der Waals surface area contributed by atoms with E-state index in [2.05, 4.69) is 21.8 Å². The first-order valence-electron chi connectivity index (χ1n) is 9.28. The molecule has 0 unspecified atom stereocenters. The minimum absolute atomic E-state index is 0.106. The van der Waals surface area contributed by atoms with E-state index in [0.29, 0.717) is 22.8 Å². The standard InChI is InChI=1S/C21H24N4O3/c1-23-8-10-24(11-9-23)16-5-7-20-22-17(13-21(26)25(20)14-16)15-4-6-18(27-2)19(12-15)28-3/h4-7,12-14H,8-11H2,1-3H3. The molecule has 0 bridgehead atoms. The van der Waals surface area contributed by atoms with Crippen LogP contribution in [0.2, 0.25) is 0 Å². The average Bonchev–Trinajstić information content (AvgIpc) is 2.73. The molecule has 0 aliphatic carbocycles. The summed E-state index contributed by atoms with van der Waals surface area (Å²) in [4.78, 5) is 22.1. The monoisotopic (exact) mass is 380 g/mol. The van der Waals surface area contributed by atoms with Gasteiger partial charge in [0.2, 0.25) is 0 Å². The minimum atomic E-state index is -0.106. The van der Waals surface area contributed by atoms with Crippen LogP contribution in [0.15, 0.2) is 47.4 Å². The van der Waals surface area contributed by atoms with E-state index in [4.69, 9.17) is 9.47 Å². The second kappa shape index (κ2) is 7.52. The van der Waals surface area contributed by atoms with Gasteiger partial charge in [-0.3, -0.25) is 9.20 Å². The summed E-state index contributed by atoms with van der Waals surface area (Å²) in [5, 5.41) is 0. The topological polar surface area (TPSA) is 59.3 Å². The van der Waals surface area contributed by atoms with E-state index in [1.54, 1.807) is 24.7 Å². The summed E-state index contributed by atoms with van der Waals surface area (Å²) < 4.78 is 12.3. The maximum Gasteiger partial charge on any atom is 0.258 e. The van der Waals surface area contributed by atoms with Crippen LogP contribution >= 0.6 is 0 Å². The molecule has 4 rings (SSSR count). The lowest BCUT2D eigenvalue weighted by molar-refractivity contribution is 0.313. The number of benzene rings is 1. The van der Waals surface area contributed by atoms with Crippen molar-refractivity contribution in [1.29, 1.82) is 0 Å². The van der Waals surface area contributed by atoms with Gasteiger partial charge >= 0.3 is 0 Å². The van der Waals surface area contributed by atoms with Gasteiger partial charge in [0.25, 0.3) is 5.56 Å². The molecular formula is C21H24N4O3. The summed E-state index contributed by atoms with van der Waals surface area (Å²) in [7, 11) is 5.31. The zero-order valence-corrected chi connectivity index (χ0v) is 16.4. The fourth-order valence-corrected chi connectivity index (χ4v) is 3.49. The molecule has 1 saturated heterocycles. The predicted molar refractivity (Wildman–Crippen MR) is 110 cm³/mol. The Morgan fingerprint density at radius 3 is 2.39 bits per heavy atom. The number of likely N-dealkylation sites (N-methyl/N-ethyl adjacent to an activating group) is 1. The van der Waals surface area contributed by atoms with Gasteiger partial charge in [-0.15, -0.1) is 0 Å². The Labute approximate surface area is 163 Å². The number of methoxy groups -OCH3 is 2. The molecule has 0 radical (unpaired) electrons. The highest BCUT2D eigenvalue weighted by molar-refractivity contribution is 5.66. The number of nitrogens with zero attached hydrogens (tertiary/aromatic N) is 4. The first-order chi connectivity index (χ1) is 13.6. The van der Waals surface area contributed by atoms with Crippen LogP contribution in [0, 0.1) is 0 Å². The average molecular weight is 380 g/mol. The van der Waals surface area contributed by atoms with Crippen LogP contribution in [0.5, 0.6) is 11.5 Å². The second-order valence-corrected chi connectivity index (χ2v) is 6.96. The lowest BCUT2D eigenvalue weighted by Gasteiger charge is -2.34. The first-order valence-corrected chi connectivity index (χ1v) is 9.28. The number of aromatic nitrogens is 2. The highest BCUT2D eigenvalue weighted by atomic mass is 16.5. The van der Waals surface area contributed by atoms with Gasteiger partial charge in [-0.25, -0.2) is 4.98 Å². The molecule has 7 nitrogen and oxygen atoms in total. The van der Waals surface area contributed by atoms with Crippen molar-refractivity contribution >= 4 is 11.3 Å². The van der Waals surface area contributed by atoms with E-state index >= 15 is 0 Å². The van der Waals surface area contributed by atoms with Crippen LogP contribution in [0.3, 0.4) is 0 Å². The normalized spacial score (nSPS) is 15.0. The van der Waals surface area contributed by atoms with Crippen molar-refractivity contribution in [2.45, 2.75) is 0 Å². The fourth-order valence-electron chi connectivity index (χ4n) is 3.49. The lowest BCUT2D eigenvalue weighted by Crippen LogP contribution is -2.44. The Hall–Kier alpha value is -3.06. The minimum Gasteiger partial charge on any atom is -0.493 e. The molecule has 28 heavy (non-hydrogen) atoms. The molecular weight excluding hydrogens is 356 g/mol. The van der Waals surface area contributed by atoms with E-state index in [-0.39, 0.29) is 5.56 Å². The first kappa shape index (κ1) is 18.3. The Bertz CT molecular complexity index is 1060. The lowest BCUT2D eigenvalue weighted by atomic mass is 10.1. The predicted octanol–water partition coefficient (Wildman–Crippen LogP) is 2.13. The van der Waals surface area contributed by atoms with Gasteiger partial charge in [-0.05, 0) is 37.4 Å². The van der Waals surface area contributed by atoms with Crippen LogP contribution < -0.4 is 19.9 Å². The molecule has 3 aromatic rings. The van der Waals surface area contributed by atoms with Gasteiger partial charge in [-0.1, -0.05) is 0 Å². The van der Waals surface area contributed by atoms with Crippen molar-refractivity contribution in [2.75, 3.05) is 52.3 Å². The summed E-state index contributed by atoms with van der Waals surface area (Å²) in [6.45, 7) is 3.94. The second-order valence-electron chi connectivity index (χ2n) is 6.96. The number of ether oxygens (including phenoxy) is 2. The highest BCUT2D eigenvalue weighted by Crippen LogP contribution is 2.31. The zero-order chi connectivity index (χ0) is 19.7.